The van der Waals surface area contributed by atoms with Crippen LogP contribution in [0.4, 0.5) is 4.39 Å². The summed E-state index contributed by atoms with van der Waals surface area (Å²) in [6.45, 7) is 5.81. The summed E-state index contributed by atoms with van der Waals surface area (Å²) in [5, 5.41) is 6.55. The second kappa shape index (κ2) is 8.17. The van der Waals surface area contributed by atoms with E-state index in [1.807, 2.05) is 0 Å². The van der Waals surface area contributed by atoms with E-state index in [0.717, 1.165) is 39.1 Å². The topological polar surface area (TPSA) is 74.5 Å². The highest BCUT2D eigenvalue weighted by atomic mass is 19.1. The lowest BCUT2D eigenvalue weighted by molar-refractivity contribution is 0.0906. The molecule has 0 unspecified atom stereocenters. The number of likely N-dealkylation sites (N-methyl/N-ethyl adjacent to an activating group) is 1. The highest BCUT2D eigenvalue weighted by molar-refractivity contribution is 5.89. The molecule has 1 aliphatic heterocycles. The van der Waals surface area contributed by atoms with E-state index in [9.17, 15) is 9.18 Å². The number of rotatable bonds is 6. The number of carbonyl (C=O) groups is 1. The van der Waals surface area contributed by atoms with Gasteiger partial charge in [0.15, 0.2) is 0 Å². The van der Waals surface area contributed by atoms with Crippen molar-refractivity contribution in [2.45, 2.75) is 6.42 Å². The number of nitrogens with one attached hydrogen (secondary N) is 1. The highest BCUT2D eigenvalue weighted by Crippen LogP contribution is 2.16. The molecule has 1 aliphatic rings. The van der Waals surface area contributed by atoms with Crippen molar-refractivity contribution in [3.8, 4) is 11.4 Å². The number of hydrogen-bond acceptors (Lipinski definition) is 6. The molecule has 0 radical (unpaired) electrons. The summed E-state index contributed by atoms with van der Waals surface area (Å²) in [6.07, 6.45) is 0.869. The number of nitrogens with zero attached hydrogens (tertiary/aromatic N) is 4. The van der Waals surface area contributed by atoms with Gasteiger partial charge in [-0.3, -0.25) is 4.79 Å². The van der Waals surface area contributed by atoms with E-state index in [1.54, 1.807) is 0 Å². The largest absolute Gasteiger partial charge is 0.348 e. The summed E-state index contributed by atoms with van der Waals surface area (Å²) in [7, 11) is 2.13. The van der Waals surface area contributed by atoms with E-state index < -0.39 is 0 Å². The Morgan fingerprint density at radius 3 is 2.68 bits per heavy atom. The van der Waals surface area contributed by atoms with Gasteiger partial charge in [0.2, 0.25) is 5.82 Å². The van der Waals surface area contributed by atoms with Crippen LogP contribution in [0, 0.1) is 5.82 Å². The summed E-state index contributed by atoms with van der Waals surface area (Å²) in [4.78, 5) is 20.8. The molecule has 0 atom stereocenters. The third-order valence-corrected chi connectivity index (χ3v) is 4.26. The third kappa shape index (κ3) is 4.83. The van der Waals surface area contributed by atoms with Gasteiger partial charge >= 0.3 is 11.8 Å². The van der Waals surface area contributed by atoms with Gasteiger partial charge < -0.3 is 19.6 Å². The fourth-order valence-corrected chi connectivity index (χ4v) is 2.68. The summed E-state index contributed by atoms with van der Waals surface area (Å²) in [6, 6.07) is 5.70. The predicted molar refractivity (Wildman–Crippen MR) is 90.6 cm³/mol. The lowest BCUT2D eigenvalue weighted by atomic mass is 10.2. The molecule has 3 rings (SSSR count). The molecular weight excluding hydrogens is 325 g/mol. The molecule has 1 amide bonds. The monoisotopic (exact) mass is 347 g/mol. The summed E-state index contributed by atoms with van der Waals surface area (Å²) in [5.41, 5.74) is 0.597. The van der Waals surface area contributed by atoms with E-state index in [-0.39, 0.29) is 23.4 Å². The molecule has 0 saturated carbocycles. The molecule has 1 saturated heterocycles. The average Bonchev–Trinajstić information content (AvgIpc) is 3.11. The quantitative estimate of drug-likeness (QED) is 0.793. The number of halogens is 1. The van der Waals surface area contributed by atoms with Crippen molar-refractivity contribution in [3.63, 3.8) is 0 Å². The van der Waals surface area contributed by atoms with Gasteiger partial charge in [-0.2, -0.15) is 4.98 Å². The van der Waals surface area contributed by atoms with Gasteiger partial charge in [-0.25, -0.2) is 4.39 Å². The van der Waals surface area contributed by atoms with E-state index in [4.69, 9.17) is 4.52 Å². The van der Waals surface area contributed by atoms with Crippen LogP contribution in [0.15, 0.2) is 28.8 Å². The summed E-state index contributed by atoms with van der Waals surface area (Å²) < 4.78 is 17.9. The van der Waals surface area contributed by atoms with Gasteiger partial charge in [0.1, 0.15) is 5.82 Å². The first-order chi connectivity index (χ1) is 12.1. The van der Waals surface area contributed by atoms with E-state index >= 15 is 0 Å². The van der Waals surface area contributed by atoms with Crippen LogP contribution in [0.3, 0.4) is 0 Å². The van der Waals surface area contributed by atoms with Crippen molar-refractivity contribution >= 4 is 5.91 Å². The second-order valence-corrected chi connectivity index (χ2v) is 6.18. The minimum absolute atomic E-state index is 0.0843. The number of benzene rings is 1. The van der Waals surface area contributed by atoms with Crippen molar-refractivity contribution in [2.24, 2.45) is 0 Å². The van der Waals surface area contributed by atoms with Crippen LogP contribution in [-0.4, -0.2) is 72.2 Å². The molecule has 25 heavy (non-hydrogen) atoms. The van der Waals surface area contributed by atoms with Crippen LogP contribution < -0.4 is 5.32 Å². The minimum Gasteiger partial charge on any atom is -0.348 e. The zero-order valence-electron chi connectivity index (χ0n) is 14.2. The van der Waals surface area contributed by atoms with Crippen molar-refractivity contribution < 1.29 is 13.7 Å². The Morgan fingerprint density at radius 2 is 1.96 bits per heavy atom. The van der Waals surface area contributed by atoms with Gasteiger partial charge in [-0.1, -0.05) is 5.16 Å². The molecule has 1 aromatic carbocycles. The maximum atomic E-state index is 12.9. The van der Waals surface area contributed by atoms with Crippen molar-refractivity contribution in [1.29, 1.82) is 0 Å². The van der Waals surface area contributed by atoms with Crippen molar-refractivity contribution in [1.82, 2.24) is 25.3 Å². The summed E-state index contributed by atoms with van der Waals surface area (Å²) in [5.74, 6) is -0.550. The minimum atomic E-state index is -0.390. The maximum absolute atomic E-state index is 12.9. The SMILES string of the molecule is CN1CCN(CCCNC(=O)c2nc(-c3ccc(F)cc3)no2)CC1. The summed E-state index contributed by atoms with van der Waals surface area (Å²) >= 11 is 0. The molecule has 0 bridgehead atoms. The number of hydrogen-bond donors (Lipinski definition) is 1. The Bertz CT molecular complexity index is 695. The molecule has 134 valence electrons. The first kappa shape index (κ1) is 17.5. The van der Waals surface area contributed by atoms with Gasteiger partial charge in [-0.15, -0.1) is 0 Å². The van der Waals surface area contributed by atoms with Crippen molar-refractivity contribution in [3.05, 3.63) is 36.0 Å². The Morgan fingerprint density at radius 1 is 1.24 bits per heavy atom. The van der Waals surface area contributed by atoms with Crippen molar-refractivity contribution in [2.75, 3.05) is 46.3 Å². The predicted octanol–water partition coefficient (Wildman–Crippen LogP) is 1.24. The standard InChI is InChI=1S/C17H22FN5O2/c1-22-9-11-23(12-10-22)8-2-7-19-16(24)17-20-15(21-25-17)13-3-5-14(18)6-4-13/h3-6H,2,7-12H2,1H3,(H,19,24). The first-order valence-electron chi connectivity index (χ1n) is 8.40. The number of piperazine rings is 1. The van der Waals surface area contributed by atoms with Crippen LogP contribution >= 0.6 is 0 Å². The lowest BCUT2D eigenvalue weighted by Gasteiger charge is -2.32. The van der Waals surface area contributed by atoms with E-state index in [2.05, 4.69) is 32.3 Å². The van der Waals surface area contributed by atoms with Crippen LogP contribution in [0.2, 0.25) is 0 Å². The van der Waals surface area contributed by atoms with Gasteiger partial charge in [-0.05, 0) is 44.3 Å². The molecule has 7 nitrogen and oxygen atoms in total. The first-order valence-corrected chi connectivity index (χ1v) is 8.40. The maximum Gasteiger partial charge on any atom is 0.316 e. The number of aromatic nitrogens is 2. The Hall–Kier alpha value is -2.32. The van der Waals surface area contributed by atoms with E-state index in [0.29, 0.717) is 12.1 Å². The molecule has 0 spiro atoms. The molecule has 1 aromatic heterocycles. The average molecular weight is 347 g/mol. The third-order valence-electron chi connectivity index (χ3n) is 4.26. The molecular formula is C17H22FN5O2. The molecule has 2 heterocycles. The van der Waals surface area contributed by atoms with Gasteiger partial charge in [0, 0.05) is 38.3 Å². The lowest BCUT2D eigenvalue weighted by Crippen LogP contribution is -2.45. The molecule has 2 aromatic rings. The smallest absolute Gasteiger partial charge is 0.316 e. The second-order valence-electron chi connectivity index (χ2n) is 6.18. The van der Waals surface area contributed by atoms with Crippen LogP contribution in [0.25, 0.3) is 11.4 Å². The zero-order valence-corrected chi connectivity index (χ0v) is 14.2. The Labute approximate surface area is 145 Å². The Kier molecular flexibility index (Phi) is 5.72. The van der Waals surface area contributed by atoms with Crippen LogP contribution in [-0.2, 0) is 0 Å². The molecule has 0 aliphatic carbocycles. The molecule has 1 N–H and O–H groups in total. The normalized spacial score (nSPS) is 16.1. The van der Waals surface area contributed by atoms with Gasteiger partial charge in [0.05, 0.1) is 0 Å². The molecule has 8 heteroatoms. The van der Waals surface area contributed by atoms with E-state index in [1.165, 1.54) is 24.3 Å². The molecule has 1 fully saturated rings. The zero-order chi connectivity index (χ0) is 17.6. The highest BCUT2D eigenvalue weighted by Gasteiger charge is 2.16. The Balaban J connectivity index is 1.43. The fourth-order valence-electron chi connectivity index (χ4n) is 2.68. The van der Waals surface area contributed by atoms with Gasteiger partial charge in [0.25, 0.3) is 0 Å². The number of carbonyl (C=O) groups excluding carboxylic acids is 1. The fraction of sp³-hybridized carbons (Fsp3) is 0.471. The van der Waals surface area contributed by atoms with Crippen LogP contribution in [0.1, 0.15) is 17.1 Å². The van der Waals surface area contributed by atoms with Crippen LogP contribution in [0.5, 0.6) is 0 Å². The number of amides is 1.